The highest BCUT2D eigenvalue weighted by atomic mass is 32.2. The minimum absolute atomic E-state index is 0.237. The molecule has 0 aromatic heterocycles. The van der Waals surface area contributed by atoms with Gasteiger partial charge in [0.25, 0.3) is 0 Å². The smallest absolute Gasteiger partial charge is 0.341 e. The number of anilines is 1. The van der Waals surface area contributed by atoms with E-state index in [4.69, 9.17) is 0 Å². The van der Waals surface area contributed by atoms with E-state index in [1.807, 2.05) is 6.92 Å². The predicted molar refractivity (Wildman–Crippen MR) is 63.0 cm³/mol. The van der Waals surface area contributed by atoms with Crippen molar-refractivity contribution >= 4 is 15.5 Å². The molecule has 0 aliphatic carbocycles. The number of hydrogen-bond acceptors (Lipinski definition) is 3. The van der Waals surface area contributed by atoms with Gasteiger partial charge in [-0.25, -0.2) is 8.42 Å². The minimum Gasteiger partial charge on any atom is -0.384 e. The Morgan fingerprint density at radius 3 is 2.53 bits per heavy atom. The fourth-order valence-electron chi connectivity index (χ4n) is 1.36. The van der Waals surface area contributed by atoms with Crippen molar-refractivity contribution in [1.82, 2.24) is 0 Å². The van der Waals surface area contributed by atoms with Gasteiger partial charge >= 0.3 is 5.76 Å². The maximum absolute atomic E-state index is 12.5. The summed E-state index contributed by atoms with van der Waals surface area (Å²) in [6.45, 7) is 2.55. The Bertz CT molecular complexity index is 460. The van der Waals surface area contributed by atoms with E-state index < -0.39 is 15.6 Å². The second kappa shape index (κ2) is 5.95. The Hall–Kier alpha value is -1.17. The van der Waals surface area contributed by atoms with Gasteiger partial charge in [-0.3, -0.25) is 0 Å². The van der Waals surface area contributed by atoms with Crippen LogP contribution in [0.25, 0.3) is 0 Å². The lowest BCUT2D eigenvalue weighted by atomic mass is 10.3. The third-order valence-electron chi connectivity index (χ3n) is 2.27. The molecule has 3 nitrogen and oxygen atoms in total. The van der Waals surface area contributed by atoms with Gasteiger partial charge in [-0.15, -0.1) is 0 Å². The Labute approximate surface area is 99.8 Å². The molecule has 0 amide bonds. The van der Waals surface area contributed by atoms with E-state index >= 15 is 0 Å². The van der Waals surface area contributed by atoms with Gasteiger partial charge in [0.2, 0.25) is 9.84 Å². The molecular weight excluding hydrogens is 248 g/mol. The van der Waals surface area contributed by atoms with Crippen LogP contribution in [0.4, 0.5) is 14.5 Å². The van der Waals surface area contributed by atoms with Gasteiger partial charge in [0.15, 0.2) is 0 Å². The normalized spacial score (nSPS) is 11.8. The highest BCUT2D eigenvalue weighted by Gasteiger charge is 2.28. The van der Waals surface area contributed by atoms with Crippen LogP contribution in [0.2, 0.25) is 0 Å². The molecule has 0 aliphatic heterocycles. The van der Waals surface area contributed by atoms with E-state index in [1.165, 1.54) is 18.2 Å². The van der Waals surface area contributed by atoms with Crippen LogP contribution in [-0.2, 0) is 9.84 Å². The second-order valence-electron chi connectivity index (χ2n) is 3.58. The number of nitrogens with one attached hydrogen (secondary N) is 1. The number of rotatable bonds is 6. The first-order valence-corrected chi connectivity index (χ1v) is 6.89. The summed E-state index contributed by atoms with van der Waals surface area (Å²) >= 11 is 0. The SMILES string of the molecule is CCCCNc1ccccc1S(=O)(=O)C(F)F. The summed E-state index contributed by atoms with van der Waals surface area (Å²) in [5.74, 6) is -3.39. The maximum atomic E-state index is 12.5. The van der Waals surface area contributed by atoms with Gasteiger partial charge in [0.05, 0.1) is 10.6 Å². The number of halogens is 2. The number of para-hydroxylation sites is 1. The number of benzene rings is 1. The van der Waals surface area contributed by atoms with E-state index in [-0.39, 0.29) is 10.6 Å². The number of alkyl halides is 2. The Kier molecular flexibility index (Phi) is 4.86. The van der Waals surface area contributed by atoms with Crippen LogP contribution in [0.5, 0.6) is 0 Å². The zero-order chi connectivity index (χ0) is 12.9. The van der Waals surface area contributed by atoms with Gasteiger partial charge in [0.1, 0.15) is 0 Å². The highest BCUT2D eigenvalue weighted by Crippen LogP contribution is 2.25. The molecule has 0 heterocycles. The van der Waals surface area contributed by atoms with Crippen LogP contribution in [0.3, 0.4) is 0 Å². The van der Waals surface area contributed by atoms with Crippen molar-refractivity contribution in [2.45, 2.75) is 30.4 Å². The Balaban J connectivity index is 3.00. The highest BCUT2D eigenvalue weighted by molar-refractivity contribution is 7.91. The summed E-state index contributed by atoms with van der Waals surface area (Å²) in [7, 11) is -4.54. The summed E-state index contributed by atoms with van der Waals surface area (Å²) in [6.07, 6.45) is 1.79. The lowest BCUT2D eigenvalue weighted by Gasteiger charge is -2.11. The second-order valence-corrected chi connectivity index (χ2v) is 5.47. The fourth-order valence-corrected chi connectivity index (χ4v) is 2.26. The Morgan fingerprint density at radius 1 is 1.29 bits per heavy atom. The number of hydrogen-bond donors (Lipinski definition) is 1. The topological polar surface area (TPSA) is 46.2 Å². The van der Waals surface area contributed by atoms with Crippen molar-refractivity contribution in [3.8, 4) is 0 Å². The molecule has 1 N–H and O–H groups in total. The van der Waals surface area contributed by atoms with E-state index in [1.54, 1.807) is 6.07 Å². The number of sulfone groups is 1. The van der Waals surface area contributed by atoms with Crippen LogP contribution < -0.4 is 5.32 Å². The zero-order valence-corrected chi connectivity index (χ0v) is 10.3. The molecule has 0 spiro atoms. The van der Waals surface area contributed by atoms with Crippen molar-refractivity contribution in [2.24, 2.45) is 0 Å². The van der Waals surface area contributed by atoms with Crippen LogP contribution in [0.1, 0.15) is 19.8 Å². The molecule has 0 unspecified atom stereocenters. The van der Waals surface area contributed by atoms with Gasteiger partial charge in [0, 0.05) is 6.54 Å². The van der Waals surface area contributed by atoms with Crippen LogP contribution in [0, 0.1) is 0 Å². The van der Waals surface area contributed by atoms with Gasteiger partial charge < -0.3 is 5.32 Å². The molecule has 1 rings (SSSR count). The van der Waals surface area contributed by atoms with E-state index in [9.17, 15) is 17.2 Å². The summed E-state index contributed by atoms with van der Waals surface area (Å²) < 4.78 is 47.7. The zero-order valence-electron chi connectivity index (χ0n) is 9.49. The van der Waals surface area contributed by atoms with Gasteiger partial charge in [-0.1, -0.05) is 25.5 Å². The standard InChI is InChI=1S/C11H15F2NO2S/c1-2-3-8-14-9-6-4-5-7-10(9)17(15,16)11(12)13/h4-7,11,14H,2-3,8H2,1H3. The molecule has 0 bridgehead atoms. The summed E-state index contributed by atoms with van der Waals surface area (Å²) in [5.41, 5.74) is 0.237. The summed E-state index contributed by atoms with van der Waals surface area (Å²) in [5, 5.41) is 2.86. The summed E-state index contributed by atoms with van der Waals surface area (Å²) in [4.78, 5) is -0.342. The predicted octanol–water partition coefficient (Wildman–Crippen LogP) is 2.89. The van der Waals surface area contributed by atoms with Crippen molar-refractivity contribution in [3.05, 3.63) is 24.3 Å². The van der Waals surface area contributed by atoms with Crippen LogP contribution >= 0.6 is 0 Å². The first-order valence-electron chi connectivity index (χ1n) is 5.35. The molecule has 17 heavy (non-hydrogen) atoms. The molecule has 1 aromatic carbocycles. The van der Waals surface area contributed by atoms with Gasteiger partial charge in [-0.05, 0) is 18.6 Å². The lowest BCUT2D eigenvalue weighted by molar-refractivity contribution is 0.235. The molecule has 0 saturated heterocycles. The molecule has 0 atom stereocenters. The molecule has 6 heteroatoms. The third kappa shape index (κ3) is 3.39. The molecule has 0 aliphatic rings. The van der Waals surface area contributed by atoms with Crippen molar-refractivity contribution in [3.63, 3.8) is 0 Å². The molecule has 0 saturated carbocycles. The molecule has 0 radical (unpaired) electrons. The molecule has 0 fully saturated rings. The number of unbranched alkanes of at least 4 members (excludes halogenated alkanes) is 1. The van der Waals surface area contributed by atoms with E-state index in [0.29, 0.717) is 6.54 Å². The maximum Gasteiger partial charge on any atom is 0.341 e. The largest absolute Gasteiger partial charge is 0.384 e. The lowest BCUT2D eigenvalue weighted by Crippen LogP contribution is -2.14. The van der Waals surface area contributed by atoms with Crippen molar-refractivity contribution < 1.29 is 17.2 Å². The minimum atomic E-state index is -4.54. The van der Waals surface area contributed by atoms with Crippen molar-refractivity contribution in [2.75, 3.05) is 11.9 Å². The quantitative estimate of drug-likeness (QED) is 0.803. The average molecular weight is 263 g/mol. The summed E-state index contributed by atoms with van der Waals surface area (Å²) in [6, 6.07) is 5.72. The monoisotopic (exact) mass is 263 g/mol. The van der Waals surface area contributed by atoms with E-state index in [0.717, 1.165) is 12.8 Å². The first kappa shape index (κ1) is 13.9. The Morgan fingerprint density at radius 2 is 1.94 bits per heavy atom. The fraction of sp³-hybridized carbons (Fsp3) is 0.455. The third-order valence-corrected chi connectivity index (χ3v) is 3.71. The van der Waals surface area contributed by atoms with Crippen molar-refractivity contribution in [1.29, 1.82) is 0 Å². The molecule has 96 valence electrons. The first-order chi connectivity index (χ1) is 8.00. The van der Waals surface area contributed by atoms with E-state index in [2.05, 4.69) is 5.32 Å². The van der Waals surface area contributed by atoms with Crippen LogP contribution in [0.15, 0.2) is 29.2 Å². The molecule has 1 aromatic rings. The van der Waals surface area contributed by atoms with Crippen LogP contribution in [-0.4, -0.2) is 20.7 Å². The van der Waals surface area contributed by atoms with Gasteiger partial charge in [-0.2, -0.15) is 8.78 Å². The average Bonchev–Trinajstić information content (AvgIpc) is 2.29. The molecular formula is C11H15F2NO2S.